The normalized spacial score (nSPS) is 11.3. The number of carbonyl (C=O) groups is 1. The molecule has 0 fully saturated rings. The molecule has 0 saturated carbocycles. The summed E-state index contributed by atoms with van der Waals surface area (Å²) in [4.78, 5) is 40.8. The van der Waals surface area contributed by atoms with Gasteiger partial charge >= 0.3 is 11.1 Å². The average Bonchev–Trinajstić information content (AvgIpc) is 3.14. The Morgan fingerprint density at radius 1 is 1.03 bits per heavy atom. The van der Waals surface area contributed by atoms with E-state index in [0.717, 1.165) is 16.5 Å². The van der Waals surface area contributed by atoms with Crippen LogP contribution in [-0.4, -0.2) is 26.6 Å². The fraction of sp³-hybridized carbons (Fsp3) is 0.261. The SMILES string of the molecule is CCn1c(=O)c(=O)n(CC(=O)NCCc2c[nH]c3ccc(C)cc23)c2ccccc21. The zero-order valence-electron chi connectivity index (χ0n) is 17.1. The monoisotopic (exact) mass is 404 g/mol. The molecule has 2 aromatic heterocycles. The first-order valence-corrected chi connectivity index (χ1v) is 10.0. The van der Waals surface area contributed by atoms with Gasteiger partial charge in [0.05, 0.1) is 11.0 Å². The highest BCUT2D eigenvalue weighted by Gasteiger charge is 2.14. The molecule has 0 atom stereocenters. The Labute approximate surface area is 173 Å². The molecular weight excluding hydrogens is 380 g/mol. The van der Waals surface area contributed by atoms with E-state index in [4.69, 9.17) is 0 Å². The number of rotatable bonds is 6. The number of carbonyl (C=O) groups excluding carboxylic acids is 1. The van der Waals surface area contributed by atoms with Crippen molar-refractivity contribution in [2.45, 2.75) is 33.4 Å². The predicted molar refractivity (Wildman–Crippen MR) is 118 cm³/mol. The average molecular weight is 404 g/mol. The highest BCUT2D eigenvalue weighted by molar-refractivity contribution is 5.84. The van der Waals surface area contributed by atoms with E-state index in [1.807, 2.05) is 32.2 Å². The van der Waals surface area contributed by atoms with E-state index >= 15 is 0 Å². The number of nitrogens with one attached hydrogen (secondary N) is 2. The Morgan fingerprint density at radius 3 is 2.47 bits per heavy atom. The van der Waals surface area contributed by atoms with Crippen LogP contribution in [0.3, 0.4) is 0 Å². The van der Waals surface area contributed by atoms with Crippen LogP contribution in [0, 0.1) is 6.92 Å². The summed E-state index contributed by atoms with van der Waals surface area (Å²) in [6.07, 6.45) is 2.63. The van der Waals surface area contributed by atoms with Crippen LogP contribution >= 0.6 is 0 Å². The smallest absolute Gasteiger partial charge is 0.317 e. The van der Waals surface area contributed by atoms with Crippen molar-refractivity contribution in [3.05, 3.63) is 80.5 Å². The molecule has 0 radical (unpaired) electrons. The molecule has 4 rings (SSSR count). The third-order valence-corrected chi connectivity index (χ3v) is 5.39. The van der Waals surface area contributed by atoms with Gasteiger partial charge in [0.2, 0.25) is 5.91 Å². The molecule has 0 bridgehead atoms. The van der Waals surface area contributed by atoms with Gasteiger partial charge < -0.3 is 14.9 Å². The van der Waals surface area contributed by atoms with E-state index in [2.05, 4.69) is 22.4 Å². The summed E-state index contributed by atoms with van der Waals surface area (Å²) >= 11 is 0. The number of para-hydroxylation sites is 2. The summed E-state index contributed by atoms with van der Waals surface area (Å²) in [5.74, 6) is -0.299. The van der Waals surface area contributed by atoms with Crippen LogP contribution < -0.4 is 16.4 Å². The number of benzene rings is 2. The predicted octanol–water partition coefficient (Wildman–Crippen LogP) is 2.33. The van der Waals surface area contributed by atoms with Crippen molar-refractivity contribution >= 4 is 27.8 Å². The molecule has 7 heteroatoms. The second-order valence-electron chi connectivity index (χ2n) is 7.39. The molecule has 2 aromatic carbocycles. The summed E-state index contributed by atoms with van der Waals surface area (Å²) in [6, 6.07) is 13.4. The minimum atomic E-state index is -0.683. The summed E-state index contributed by atoms with van der Waals surface area (Å²) < 4.78 is 2.69. The highest BCUT2D eigenvalue weighted by atomic mass is 16.2. The van der Waals surface area contributed by atoms with Crippen LogP contribution in [0.25, 0.3) is 21.9 Å². The largest absolute Gasteiger partial charge is 0.361 e. The number of aromatic amines is 1. The number of nitrogens with zero attached hydrogens (tertiary/aromatic N) is 2. The molecule has 0 aliphatic carbocycles. The number of H-pyrrole nitrogens is 1. The lowest BCUT2D eigenvalue weighted by molar-refractivity contribution is -0.121. The second-order valence-corrected chi connectivity index (χ2v) is 7.39. The molecule has 0 spiro atoms. The Kier molecular flexibility index (Phi) is 5.27. The first-order chi connectivity index (χ1) is 14.5. The van der Waals surface area contributed by atoms with Gasteiger partial charge in [0.15, 0.2) is 0 Å². The fourth-order valence-electron chi connectivity index (χ4n) is 3.88. The molecule has 0 unspecified atom stereocenters. The number of amides is 1. The number of hydrogen-bond donors (Lipinski definition) is 2. The molecule has 154 valence electrons. The van der Waals surface area contributed by atoms with Crippen molar-refractivity contribution in [3.8, 4) is 0 Å². The van der Waals surface area contributed by atoms with Gasteiger partial charge in [0.1, 0.15) is 6.54 Å². The van der Waals surface area contributed by atoms with Crippen molar-refractivity contribution in [3.63, 3.8) is 0 Å². The molecule has 2 heterocycles. The summed E-state index contributed by atoms with van der Waals surface area (Å²) in [5, 5.41) is 4.02. The van der Waals surface area contributed by atoms with Crippen molar-refractivity contribution in [2.75, 3.05) is 6.54 Å². The molecule has 0 saturated heterocycles. The molecular formula is C23H24N4O3. The maximum Gasteiger partial charge on any atom is 0.317 e. The topological polar surface area (TPSA) is 88.9 Å². The zero-order chi connectivity index (χ0) is 21.3. The lowest BCUT2D eigenvalue weighted by Gasteiger charge is -2.14. The van der Waals surface area contributed by atoms with E-state index in [9.17, 15) is 14.4 Å². The van der Waals surface area contributed by atoms with Crippen molar-refractivity contribution in [1.29, 1.82) is 0 Å². The maximum absolute atomic E-state index is 12.6. The molecule has 30 heavy (non-hydrogen) atoms. The minimum absolute atomic E-state index is 0.188. The summed E-state index contributed by atoms with van der Waals surface area (Å²) in [7, 11) is 0. The van der Waals surface area contributed by atoms with Gasteiger partial charge in [0.25, 0.3) is 0 Å². The van der Waals surface area contributed by atoms with Crippen LogP contribution in [0.4, 0.5) is 0 Å². The quantitative estimate of drug-likeness (QED) is 0.484. The lowest BCUT2D eigenvalue weighted by atomic mass is 10.1. The molecule has 2 N–H and O–H groups in total. The van der Waals surface area contributed by atoms with Gasteiger partial charge in [-0.05, 0) is 50.1 Å². The third-order valence-electron chi connectivity index (χ3n) is 5.39. The Bertz CT molecular complexity index is 1360. The van der Waals surface area contributed by atoms with Crippen LogP contribution in [0.1, 0.15) is 18.1 Å². The van der Waals surface area contributed by atoms with E-state index in [-0.39, 0.29) is 12.5 Å². The second kappa shape index (κ2) is 8.02. The fourth-order valence-corrected chi connectivity index (χ4v) is 3.88. The van der Waals surface area contributed by atoms with E-state index in [0.29, 0.717) is 30.5 Å². The molecule has 0 aliphatic rings. The van der Waals surface area contributed by atoms with Crippen LogP contribution in [0.2, 0.25) is 0 Å². The van der Waals surface area contributed by atoms with E-state index in [1.165, 1.54) is 14.7 Å². The minimum Gasteiger partial charge on any atom is -0.361 e. The molecule has 7 nitrogen and oxygen atoms in total. The highest BCUT2D eigenvalue weighted by Crippen LogP contribution is 2.19. The Morgan fingerprint density at radius 2 is 1.73 bits per heavy atom. The van der Waals surface area contributed by atoms with Gasteiger partial charge in [-0.25, -0.2) is 0 Å². The zero-order valence-corrected chi connectivity index (χ0v) is 17.1. The molecule has 0 aliphatic heterocycles. The number of aromatic nitrogens is 3. The first-order valence-electron chi connectivity index (χ1n) is 10.0. The van der Waals surface area contributed by atoms with Crippen LogP contribution in [0.5, 0.6) is 0 Å². The first kappa shape index (κ1) is 19.7. The number of hydrogen-bond acceptors (Lipinski definition) is 3. The van der Waals surface area contributed by atoms with Gasteiger partial charge in [-0.15, -0.1) is 0 Å². The molecule has 4 aromatic rings. The number of fused-ring (bicyclic) bond motifs is 2. The number of aryl methyl sites for hydroxylation is 2. The van der Waals surface area contributed by atoms with Gasteiger partial charge in [-0.2, -0.15) is 0 Å². The lowest BCUT2D eigenvalue weighted by Crippen LogP contribution is -2.43. The summed E-state index contributed by atoms with van der Waals surface area (Å²) in [5.41, 5.74) is 3.30. The third kappa shape index (κ3) is 3.54. The van der Waals surface area contributed by atoms with E-state index < -0.39 is 11.1 Å². The standard InChI is InChI=1S/C23H24N4O3/c1-3-26-19-6-4-5-7-20(19)27(23(30)22(26)29)14-21(28)24-11-10-16-13-25-18-9-8-15(2)12-17(16)18/h4-9,12-13,25H,3,10-11,14H2,1-2H3,(H,24,28). The van der Waals surface area contributed by atoms with Gasteiger partial charge in [0, 0.05) is 30.2 Å². The maximum atomic E-state index is 12.6. The van der Waals surface area contributed by atoms with E-state index in [1.54, 1.807) is 18.2 Å². The van der Waals surface area contributed by atoms with Gasteiger partial charge in [-0.3, -0.25) is 19.0 Å². The van der Waals surface area contributed by atoms with Gasteiger partial charge in [-0.1, -0.05) is 23.8 Å². The van der Waals surface area contributed by atoms with Crippen molar-refractivity contribution in [1.82, 2.24) is 19.4 Å². The Balaban J connectivity index is 1.51. The van der Waals surface area contributed by atoms with Crippen LogP contribution in [0.15, 0.2) is 58.3 Å². The molecule has 1 amide bonds. The van der Waals surface area contributed by atoms with Crippen LogP contribution in [-0.2, 0) is 24.3 Å². The van der Waals surface area contributed by atoms with Crippen molar-refractivity contribution in [2.24, 2.45) is 0 Å². The van der Waals surface area contributed by atoms with Crippen molar-refractivity contribution < 1.29 is 4.79 Å². The Hall–Kier alpha value is -3.61. The summed E-state index contributed by atoms with van der Waals surface area (Å²) in [6.45, 7) is 4.51.